The van der Waals surface area contributed by atoms with Crippen molar-refractivity contribution < 1.29 is 0 Å². The molecule has 8 aromatic carbocycles. The van der Waals surface area contributed by atoms with Gasteiger partial charge in [0.1, 0.15) is 5.65 Å². The smallest absolute Gasteiger partial charge is 0.137 e. The molecular weight excluding hydrogens is 693 g/mol. The number of hydrogen-bond donors (Lipinski definition) is 0. The fourth-order valence-electron chi connectivity index (χ4n) is 8.51. The number of aromatic nitrogens is 3. The fraction of sp³-hybridized carbons (Fsp3) is 0. The second-order valence-electron chi connectivity index (χ2n) is 14.5. The van der Waals surface area contributed by atoms with Crippen molar-refractivity contribution in [1.82, 2.24) is 14.0 Å². The van der Waals surface area contributed by atoms with Gasteiger partial charge in [0.25, 0.3) is 0 Å². The molecule has 0 aliphatic carbocycles. The van der Waals surface area contributed by atoms with Crippen LogP contribution < -0.4 is 4.90 Å². The summed E-state index contributed by atoms with van der Waals surface area (Å²) in [4.78, 5) is 7.48. The summed E-state index contributed by atoms with van der Waals surface area (Å²) in [6, 6.07) is 75.8. The lowest BCUT2D eigenvalue weighted by atomic mass is 10.0. The lowest BCUT2D eigenvalue weighted by Gasteiger charge is -2.26. The molecule has 0 bridgehead atoms. The van der Waals surface area contributed by atoms with E-state index in [1.54, 1.807) is 0 Å². The van der Waals surface area contributed by atoms with Gasteiger partial charge in [-0.3, -0.25) is 4.40 Å². The SMILES string of the molecule is c1ccc(-c2c(-c3cccc(N(c4ccccc4)c4ccc(-c5ccc(-n6c7ccccc7c7c8ccccc8ccc76)cc5)cc4)c3)nc3ccccn23)cc1. The zero-order valence-electron chi connectivity index (χ0n) is 31.1. The largest absolute Gasteiger partial charge is 0.310 e. The van der Waals surface area contributed by atoms with Crippen molar-refractivity contribution in [3.05, 3.63) is 219 Å². The third-order valence-electron chi connectivity index (χ3n) is 11.1. The normalized spacial score (nSPS) is 11.5. The summed E-state index contributed by atoms with van der Waals surface area (Å²) in [5, 5.41) is 5.11. The van der Waals surface area contributed by atoms with E-state index in [9.17, 15) is 0 Å². The molecule has 268 valence electrons. The molecule has 11 aromatic rings. The molecule has 0 N–H and O–H groups in total. The van der Waals surface area contributed by atoms with Crippen LogP contribution in [-0.4, -0.2) is 14.0 Å². The average molecular weight is 729 g/mol. The third-order valence-corrected chi connectivity index (χ3v) is 11.1. The van der Waals surface area contributed by atoms with Gasteiger partial charge in [-0.1, -0.05) is 140 Å². The number of rotatable bonds is 7. The Balaban J connectivity index is 0.961. The number of hydrogen-bond acceptors (Lipinski definition) is 2. The molecule has 0 aliphatic heterocycles. The maximum absolute atomic E-state index is 5.16. The third kappa shape index (κ3) is 5.58. The molecule has 0 saturated carbocycles. The van der Waals surface area contributed by atoms with Gasteiger partial charge < -0.3 is 9.47 Å². The highest BCUT2D eigenvalue weighted by atomic mass is 15.1. The van der Waals surface area contributed by atoms with Crippen LogP contribution in [0.4, 0.5) is 17.1 Å². The topological polar surface area (TPSA) is 25.5 Å². The second kappa shape index (κ2) is 13.6. The molecule has 0 atom stereocenters. The van der Waals surface area contributed by atoms with Crippen LogP contribution in [-0.2, 0) is 0 Å². The molecule has 3 aromatic heterocycles. The van der Waals surface area contributed by atoms with E-state index < -0.39 is 0 Å². The van der Waals surface area contributed by atoms with Crippen LogP contribution in [0.15, 0.2) is 219 Å². The maximum Gasteiger partial charge on any atom is 0.137 e. The van der Waals surface area contributed by atoms with Gasteiger partial charge in [-0.25, -0.2) is 4.98 Å². The average Bonchev–Trinajstić information content (AvgIpc) is 3.85. The Bertz CT molecular complexity index is 3210. The highest BCUT2D eigenvalue weighted by Crippen LogP contribution is 2.41. The first-order valence-electron chi connectivity index (χ1n) is 19.4. The molecule has 57 heavy (non-hydrogen) atoms. The summed E-state index contributed by atoms with van der Waals surface area (Å²) in [5.74, 6) is 0. The summed E-state index contributed by atoms with van der Waals surface area (Å²) in [5.41, 5.74) is 14.3. The molecule has 4 heteroatoms. The molecular formula is C53H36N4. The molecule has 11 rings (SSSR count). The van der Waals surface area contributed by atoms with E-state index in [1.165, 1.54) is 38.1 Å². The minimum absolute atomic E-state index is 0.920. The van der Waals surface area contributed by atoms with Crippen LogP contribution in [0.5, 0.6) is 0 Å². The lowest BCUT2D eigenvalue weighted by Crippen LogP contribution is -2.09. The minimum Gasteiger partial charge on any atom is -0.310 e. The predicted molar refractivity (Wildman–Crippen MR) is 238 cm³/mol. The zero-order chi connectivity index (χ0) is 37.7. The molecule has 0 spiro atoms. The quantitative estimate of drug-likeness (QED) is 0.163. The molecule has 0 unspecified atom stereocenters. The maximum atomic E-state index is 5.16. The van der Waals surface area contributed by atoms with Crippen LogP contribution >= 0.6 is 0 Å². The first-order chi connectivity index (χ1) is 28.3. The van der Waals surface area contributed by atoms with E-state index in [4.69, 9.17) is 4.98 Å². The van der Waals surface area contributed by atoms with E-state index in [2.05, 4.69) is 226 Å². The van der Waals surface area contributed by atoms with E-state index in [0.29, 0.717) is 0 Å². The summed E-state index contributed by atoms with van der Waals surface area (Å²) in [7, 11) is 0. The van der Waals surface area contributed by atoms with Crippen molar-refractivity contribution in [3.8, 4) is 39.3 Å². The lowest BCUT2D eigenvalue weighted by molar-refractivity contribution is 1.18. The number of para-hydroxylation sites is 2. The van der Waals surface area contributed by atoms with E-state index in [0.717, 1.165) is 56.5 Å². The number of anilines is 3. The van der Waals surface area contributed by atoms with Crippen molar-refractivity contribution >= 4 is 55.3 Å². The summed E-state index contributed by atoms with van der Waals surface area (Å²) < 4.78 is 4.58. The van der Waals surface area contributed by atoms with Crippen molar-refractivity contribution in [2.24, 2.45) is 0 Å². The van der Waals surface area contributed by atoms with Crippen molar-refractivity contribution in [2.75, 3.05) is 4.90 Å². The van der Waals surface area contributed by atoms with Crippen LogP contribution in [0.25, 0.3) is 77.6 Å². The van der Waals surface area contributed by atoms with Gasteiger partial charge in [-0.2, -0.15) is 0 Å². The Morgan fingerprint density at radius 2 is 1.04 bits per heavy atom. The first-order valence-corrected chi connectivity index (χ1v) is 19.4. The van der Waals surface area contributed by atoms with Crippen LogP contribution in [0.3, 0.4) is 0 Å². The van der Waals surface area contributed by atoms with Gasteiger partial charge in [0.05, 0.1) is 22.4 Å². The second-order valence-corrected chi connectivity index (χ2v) is 14.5. The summed E-state index contributed by atoms with van der Waals surface area (Å²) >= 11 is 0. The molecule has 0 amide bonds. The number of fused-ring (bicyclic) bond motifs is 6. The predicted octanol–water partition coefficient (Wildman–Crippen LogP) is 14.1. The van der Waals surface area contributed by atoms with E-state index in [-0.39, 0.29) is 0 Å². The van der Waals surface area contributed by atoms with Crippen LogP contribution in [0, 0.1) is 0 Å². The monoisotopic (exact) mass is 728 g/mol. The summed E-state index contributed by atoms with van der Waals surface area (Å²) in [6.07, 6.45) is 2.09. The number of nitrogens with zero attached hydrogens (tertiary/aromatic N) is 4. The fourth-order valence-corrected chi connectivity index (χ4v) is 8.51. The molecule has 0 saturated heterocycles. The molecule has 0 aliphatic rings. The number of imidazole rings is 1. The Morgan fingerprint density at radius 3 is 1.84 bits per heavy atom. The first kappa shape index (κ1) is 32.7. The molecule has 4 nitrogen and oxygen atoms in total. The zero-order valence-corrected chi connectivity index (χ0v) is 31.1. The standard InChI is InChI=1S/C53H36N4/c1-3-15-40(16-4-1)53-52(54-50-24-11-12-35-55(50)53)41-17-13-20-45(36-41)56(42-18-5-2-6-19-42)43-30-25-37(26-31-43)38-27-32-44(33-28-38)57-48-23-10-9-22-47(48)51-46-21-8-7-14-39(46)29-34-49(51)57/h1-36H. The van der Waals surface area contributed by atoms with Crippen LogP contribution in [0.2, 0.25) is 0 Å². The summed E-state index contributed by atoms with van der Waals surface area (Å²) in [6.45, 7) is 0. The molecule has 3 heterocycles. The van der Waals surface area contributed by atoms with Gasteiger partial charge in [-0.05, 0) is 94.7 Å². The highest BCUT2D eigenvalue weighted by Gasteiger charge is 2.19. The van der Waals surface area contributed by atoms with Crippen molar-refractivity contribution in [2.45, 2.75) is 0 Å². The Kier molecular flexibility index (Phi) is 7.78. The Hall–Kier alpha value is -7.69. The van der Waals surface area contributed by atoms with Gasteiger partial charge in [0, 0.05) is 50.8 Å². The van der Waals surface area contributed by atoms with E-state index in [1.807, 2.05) is 6.07 Å². The van der Waals surface area contributed by atoms with Gasteiger partial charge in [0.2, 0.25) is 0 Å². The van der Waals surface area contributed by atoms with Crippen molar-refractivity contribution in [1.29, 1.82) is 0 Å². The number of pyridine rings is 1. The van der Waals surface area contributed by atoms with Crippen molar-refractivity contribution in [3.63, 3.8) is 0 Å². The van der Waals surface area contributed by atoms with Gasteiger partial charge in [-0.15, -0.1) is 0 Å². The van der Waals surface area contributed by atoms with Crippen LogP contribution in [0.1, 0.15) is 0 Å². The molecule has 0 fully saturated rings. The molecule has 0 radical (unpaired) electrons. The van der Waals surface area contributed by atoms with Gasteiger partial charge in [0.15, 0.2) is 0 Å². The number of benzene rings is 8. The van der Waals surface area contributed by atoms with E-state index >= 15 is 0 Å². The minimum atomic E-state index is 0.920. The van der Waals surface area contributed by atoms with Gasteiger partial charge >= 0.3 is 0 Å². The highest BCUT2D eigenvalue weighted by molar-refractivity contribution is 6.21. The Morgan fingerprint density at radius 1 is 0.404 bits per heavy atom. The Labute approximate surface area is 330 Å².